The van der Waals surface area contributed by atoms with Gasteiger partial charge in [-0.2, -0.15) is 22.0 Å². The molecule has 8 nitrogen and oxygen atoms in total. The summed E-state index contributed by atoms with van der Waals surface area (Å²) in [5, 5.41) is 0. The lowest BCUT2D eigenvalue weighted by Gasteiger charge is -2.19. The molecule has 0 saturated carbocycles. The quantitative estimate of drug-likeness (QED) is 0.0491. The summed E-state index contributed by atoms with van der Waals surface area (Å²) in [4.78, 5) is 24.0. The largest absolute Gasteiger partial charge is 0.493 e. The van der Waals surface area contributed by atoms with Crippen molar-refractivity contribution >= 4 is 29.4 Å². The molecule has 0 saturated heterocycles. The van der Waals surface area contributed by atoms with Crippen LogP contribution in [0.3, 0.4) is 0 Å². The van der Waals surface area contributed by atoms with Crippen LogP contribution in [0, 0.1) is 5.82 Å². The summed E-state index contributed by atoms with van der Waals surface area (Å²) in [5.74, 6) is -2.96. The van der Waals surface area contributed by atoms with E-state index in [1.807, 2.05) is 0 Å². The Bertz CT molecular complexity index is 1490. The number of anilines is 2. The number of hydrogen-bond donors (Lipinski definition) is 2. The number of halogens is 6. The number of ether oxygens (including phenoxy) is 4. The standard InChI is InChI=1S/C33H34F6N2O6/c34-29-21-27(44-17-5-14-32(35,36)37)11-12-28(29)33(38,39)47-26-9-6-22(7-10-26)8-13-30(42)45-15-3-1-2-4-16-46-31(43)23-18-24(40)20-25(41)19-23/h6-13,18-21H,1-5,14-17,40-41H2/b13-8+. The van der Waals surface area contributed by atoms with Gasteiger partial charge in [0.15, 0.2) is 0 Å². The molecule has 4 N–H and O–H groups in total. The zero-order valence-corrected chi connectivity index (χ0v) is 25.2. The highest BCUT2D eigenvalue weighted by atomic mass is 19.4. The molecule has 0 radical (unpaired) electrons. The second-order valence-corrected chi connectivity index (χ2v) is 10.3. The smallest absolute Gasteiger partial charge is 0.429 e. The van der Waals surface area contributed by atoms with Crippen LogP contribution >= 0.6 is 0 Å². The SMILES string of the molecule is Nc1cc(N)cc(C(=O)OCCCCCCOC(=O)/C=C/c2ccc(OC(F)(F)c3ccc(OCCCC(F)(F)F)cc3F)cc2)c1. The van der Waals surface area contributed by atoms with Gasteiger partial charge in [-0.05, 0) is 86.2 Å². The van der Waals surface area contributed by atoms with Gasteiger partial charge in [0.25, 0.3) is 0 Å². The zero-order valence-electron chi connectivity index (χ0n) is 25.2. The average molecular weight is 669 g/mol. The summed E-state index contributed by atoms with van der Waals surface area (Å²) >= 11 is 0. The van der Waals surface area contributed by atoms with E-state index in [-0.39, 0.29) is 43.3 Å². The number of benzene rings is 3. The number of hydrogen-bond acceptors (Lipinski definition) is 8. The third-order valence-corrected chi connectivity index (χ3v) is 6.39. The van der Waals surface area contributed by atoms with Crippen molar-refractivity contribution in [3.05, 3.63) is 89.2 Å². The van der Waals surface area contributed by atoms with Crippen LogP contribution in [-0.2, 0) is 20.4 Å². The Morgan fingerprint density at radius 1 is 0.723 bits per heavy atom. The number of nitrogens with two attached hydrogens (primary N) is 2. The number of rotatable bonds is 17. The van der Waals surface area contributed by atoms with E-state index in [0.29, 0.717) is 35.8 Å². The molecular weight excluding hydrogens is 634 g/mol. The first-order chi connectivity index (χ1) is 22.2. The first kappa shape index (κ1) is 36.6. The Labute approximate surface area is 267 Å². The Hall–Kier alpha value is -4.88. The Kier molecular flexibility index (Phi) is 13.4. The van der Waals surface area contributed by atoms with Crippen LogP contribution in [0.1, 0.15) is 60.0 Å². The van der Waals surface area contributed by atoms with Gasteiger partial charge in [-0.1, -0.05) is 12.1 Å². The highest BCUT2D eigenvalue weighted by Gasteiger charge is 2.38. The summed E-state index contributed by atoms with van der Waals surface area (Å²) < 4.78 is 100. The van der Waals surface area contributed by atoms with Crippen LogP contribution in [-0.4, -0.2) is 37.9 Å². The molecule has 0 fully saturated rings. The summed E-state index contributed by atoms with van der Waals surface area (Å²) in [7, 11) is 0. The molecule has 14 heteroatoms. The van der Waals surface area contributed by atoms with E-state index in [1.54, 1.807) is 0 Å². The van der Waals surface area contributed by atoms with Crippen LogP contribution in [0.4, 0.5) is 37.7 Å². The van der Waals surface area contributed by atoms with Crippen molar-refractivity contribution in [1.29, 1.82) is 0 Å². The summed E-state index contributed by atoms with van der Waals surface area (Å²) in [5.41, 5.74) is 11.7. The maximum atomic E-state index is 14.7. The van der Waals surface area contributed by atoms with Gasteiger partial charge in [0, 0.05) is 29.9 Å². The topological polar surface area (TPSA) is 123 Å². The van der Waals surface area contributed by atoms with E-state index in [1.165, 1.54) is 54.6 Å². The molecule has 0 bridgehead atoms. The molecule has 3 aromatic rings. The fourth-order valence-electron chi connectivity index (χ4n) is 4.12. The number of nitrogen functional groups attached to an aromatic ring is 2. The molecule has 3 rings (SSSR count). The highest BCUT2D eigenvalue weighted by molar-refractivity contribution is 5.91. The second-order valence-electron chi connectivity index (χ2n) is 10.3. The number of alkyl halides is 5. The molecule has 0 atom stereocenters. The van der Waals surface area contributed by atoms with Crippen LogP contribution in [0.15, 0.2) is 66.7 Å². The molecule has 0 aliphatic carbocycles. The van der Waals surface area contributed by atoms with E-state index in [2.05, 4.69) is 4.74 Å². The van der Waals surface area contributed by atoms with Crippen molar-refractivity contribution in [2.75, 3.05) is 31.3 Å². The first-order valence-electron chi connectivity index (χ1n) is 14.6. The van der Waals surface area contributed by atoms with E-state index in [9.17, 15) is 35.9 Å². The van der Waals surface area contributed by atoms with E-state index in [4.69, 9.17) is 25.7 Å². The van der Waals surface area contributed by atoms with Gasteiger partial charge in [0.1, 0.15) is 22.9 Å². The van der Waals surface area contributed by atoms with Gasteiger partial charge in [-0.3, -0.25) is 0 Å². The third kappa shape index (κ3) is 13.2. The first-order valence-corrected chi connectivity index (χ1v) is 14.6. The fourth-order valence-corrected chi connectivity index (χ4v) is 4.12. The minimum Gasteiger partial charge on any atom is -0.493 e. The number of carbonyl (C=O) groups excluding carboxylic acids is 2. The van der Waals surface area contributed by atoms with Gasteiger partial charge in [0.2, 0.25) is 0 Å². The normalized spacial score (nSPS) is 11.8. The van der Waals surface area contributed by atoms with Crippen LogP contribution in [0.25, 0.3) is 6.08 Å². The maximum Gasteiger partial charge on any atom is 0.429 e. The summed E-state index contributed by atoms with van der Waals surface area (Å²) in [6.07, 6.45) is -4.61. The predicted molar refractivity (Wildman–Crippen MR) is 162 cm³/mol. The van der Waals surface area contributed by atoms with Crippen molar-refractivity contribution < 1.29 is 54.9 Å². The van der Waals surface area contributed by atoms with Crippen molar-refractivity contribution in [2.24, 2.45) is 0 Å². The van der Waals surface area contributed by atoms with Crippen LogP contribution in [0.5, 0.6) is 11.5 Å². The molecule has 0 amide bonds. The minimum atomic E-state index is -4.36. The lowest BCUT2D eigenvalue weighted by molar-refractivity contribution is -0.187. The number of esters is 2. The summed E-state index contributed by atoms with van der Waals surface area (Å²) in [6.45, 7) is 0.0286. The molecule has 0 aromatic heterocycles. The summed E-state index contributed by atoms with van der Waals surface area (Å²) in [6, 6.07) is 12.1. The zero-order chi connectivity index (χ0) is 34.5. The molecule has 0 aliphatic heterocycles. The molecule has 47 heavy (non-hydrogen) atoms. The highest BCUT2D eigenvalue weighted by Crippen LogP contribution is 2.35. The van der Waals surface area contributed by atoms with Crippen molar-refractivity contribution in [3.63, 3.8) is 0 Å². The van der Waals surface area contributed by atoms with Crippen molar-refractivity contribution in [3.8, 4) is 11.5 Å². The second kappa shape index (κ2) is 17.2. The van der Waals surface area contributed by atoms with E-state index >= 15 is 0 Å². The molecule has 254 valence electrons. The average Bonchev–Trinajstić information content (AvgIpc) is 2.99. The molecule has 0 aliphatic rings. The fraction of sp³-hybridized carbons (Fsp3) is 0.333. The molecule has 0 heterocycles. The van der Waals surface area contributed by atoms with Crippen molar-refractivity contribution in [1.82, 2.24) is 0 Å². The maximum absolute atomic E-state index is 14.7. The monoisotopic (exact) mass is 668 g/mol. The Morgan fingerprint density at radius 2 is 1.34 bits per heavy atom. The van der Waals surface area contributed by atoms with Gasteiger partial charge in [-0.25, -0.2) is 14.0 Å². The molecule has 0 spiro atoms. The van der Waals surface area contributed by atoms with E-state index in [0.717, 1.165) is 25.0 Å². The molecule has 3 aromatic carbocycles. The van der Waals surface area contributed by atoms with Gasteiger partial charge < -0.3 is 30.4 Å². The number of unbranched alkanes of at least 4 members (excludes halogenated alkanes) is 3. The lowest BCUT2D eigenvalue weighted by atomic mass is 10.1. The van der Waals surface area contributed by atoms with Gasteiger partial charge in [-0.15, -0.1) is 0 Å². The Balaban J connectivity index is 1.34. The van der Waals surface area contributed by atoms with E-state index < -0.39 is 42.0 Å². The minimum absolute atomic E-state index is 0.176. The van der Waals surface area contributed by atoms with Crippen LogP contribution < -0.4 is 20.9 Å². The third-order valence-electron chi connectivity index (χ3n) is 6.39. The van der Waals surface area contributed by atoms with Gasteiger partial charge in [0.05, 0.1) is 25.4 Å². The number of carbonyl (C=O) groups is 2. The Morgan fingerprint density at radius 3 is 1.96 bits per heavy atom. The van der Waals surface area contributed by atoms with Crippen LogP contribution in [0.2, 0.25) is 0 Å². The molecular formula is C33H34F6N2O6. The lowest BCUT2D eigenvalue weighted by Crippen LogP contribution is -2.23. The van der Waals surface area contributed by atoms with Gasteiger partial charge >= 0.3 is 24.2 Å². The molecule has 0 unspecified atom stereocenters. The van der Waals surface area contributed by atoms with Crippen molar-refractivity contribution in [2.45, 2.75) is 50.8 Å². The predicted octanol–water partition coefficient (Wildman–Crippen LogP) is 7.81.